The molecule has 1 atom stereocenters. The van der Waals surface area contributed by atoms with Crippen LogP contribution in [0.4, 0.5) is 0 Å². The van der Waals surface area contributed by atoms with Gasteiger partial charge in [-0.1, -0.05) is 19.3 Å². The van der Waals surface area contributed by atoms with Crippen LogP contribution in [0.2, 0.25) is 0 Å². The van der Waals surface area contributed by atoms with E-state index in [0.717, 1.165) is 12.8 Å². The van der Waals surface area contributed by atoms with Gasteiger partial charge in [0, 0.05) is 25.6 Å². The SMILES string of the molecule is Cl.NCC(NC(=O)CCNC(=O)c1ccco1)C1CCCCC1. The number of rotatable bonds is 7. The molecule has 130 valence electrons. The Hall–Kier alpha value is -1.53. The van der Waals surface area contributed by atoms with Crippen molar-refractivity contribution in [2.45, 2.75) is 44.6 Å². The predicted octanol–water partition coefficient (Wildman–Crippen LogP) is 1.85. The van der Waals surface area contributed by atoms with Gasteiger partial charge in [-0.15, -0.1) is 12.4 Å². The van der Waals surface area contributed by atoms with Crippen LogP contribution in [0, 0.1) is 5.92 Å². The standard InChI is InChI=1S/C16H25N3O3.ClH/c17-11-13(12-5-2-1-3-6-12)19-15(20)8-9-18-16(21)14-7-4-10-22-14;/h4,7,10,12-13H,1-3,5-6,8-9,11,17H2,(H,18,21)(H,19,20);1H. The molecule has 1 saturated carbocycles. The summed E-state index contributed by atoms with van der Waals surface area (Å²) in [4.78, 5) is 23.6. The van der Waals surface area contributed by atoms with Gasteiger partial charge in [0.25, 0.3) is 5.91 Å². The fourth-order valence-electron chi connectivity index (χ4n) is 2.97. The first-order chi connectivity index (χ1) is 10.7. The van der Waals surface area contributed by atoms with Crippen molar-refractivity contribution in [3.63, 3.8) is 0 Å². The molecule has 0 spiro atoms. The van der Waals surface area contributed by atoms with Crippen molar-refractivity contribution < 1.29 is 14.0 Å². The summed E-state index contributed by atoms with van der Waals surface area (Å²) in [7, 11) is 0. The van der Waals surface area contributed by atoms with Crippen LogP contribution in [-0.2, 0) is 4.79 Å². The molecular weight excluding hydrogens is 318 g/mol. The van der Waals surface area contributed by atoms with Gasteiger partial charge in [0.05, 0.1) is 6.26 Å². The van der Waals surface area contributed by atoms with Crippen molar-refractivity contribution in [3.05, 3.63) is 24.2 Å². The van der Waals surface area contributed by atoms with Crippen molar-refractivity contribution in [3.8, 4) is 0 Å². The number of hydrogen-bond acceptors (Lipinski definition) is 4. The molecule has 23 heavy (non-hydrogen) atoms. The summed E-state index contributed by atoms with van der Waals surface area (Å²) >= 11 is 0. The molecule has 0 saturated heterocycles. The van der Waals surface area contributed by atoms with Crippen LogP contribution < -0.4 is 16.4 Å². The molecule has 4 N–H and O–H groups in total. The summed E-state index contributed by atoms with van der Waals surface area (Å²) in [6.45, 7) is 0.752. The van der Waals surface area contributed by atoms with E-state index in [2.05, 4.69) is 10.6 Å². The largest absolute Gasteiger partial charge is 0.459 e. The highest BCUT2D eigenvalue weighted by Gasteiger charge is 2.23. The second kappa shape index (κ2) is 10.3. The van der Waals surface area contributed by atoms with Crippen molar-refractivity contribution in [1.29, 1.82) is 0 Å². The van der Waals surface area contributed by atoms with Crippen LogP contribution in [0.1, 0.15) is 49.1 Å². The molecule has 1 aliphatic carbocycles. The molecular formula is C16H26ClN3O3. The van der Waals surface area contributed by atoms with Crippen LogP contribution in [-0.4, -0.2) is 30.9 Å². The van der Waals surface area contributed by atoms with E-state index in [4.69, 9.17) is 10.2 Å². The van der Waals surface area contributed by atoms with E-state index < -0.39 is 0 Å². The first-order valence-corrected chi connectivity index (χ1v) is 8.02. The van der Waals surface area contributed by atoms with E-state index in [9.17, 15) is 9.59 Å². The van der Waals surface area contributed by atoms with Crippen molar-refractivity contribution in [2.24, 2.45) is 11.7 Å². The van der Waals surface area contributed by atoms with Crippen molar-refractivity contribution in [2.75, 3.05) is 13.1 Å². The maximum atomic E-state index is 12.0. The number of carbonyl (C=O) groups excluding carboxylic acids is 2. The average Bonchev–Trinajstić information content (AvgIpc) is 3.08. The fraction of sp³-hybridized carbons (Fsp3) is 0.625. The molecule has 0 bridgehead atoms. The predicted molar refractivity (Wildman–Crippen MR) is 90.5 cm³/mol. The van der Waals surface area contributed by atoms with Crippen molar-refractivity contribution >= 4 is 24.2 Å². The minimum absolute atomic E-state index is 0. The van der Waals surface area contributed by atoms with Gasteiger partial charge < -0.3 is 20.8 Å². The molecule has 1 aromatic heterocycles. The van der Waals surface area contributed by atoms with Gasteiger partial charge in [-0.3, -0.25) is 9.59 Å². The summed E-state index contributed by atoms with van der Waals surface area (Å²) in [6, 6.07) is 3.29. The molecule has 0 aliphatic heterocycles. The third kappa shape index (κ3) is 6.23. The lowest BCUT2D eigenvalue weighted by Gasteiger charge is -2.30. The Kier molecular flexibility index (Phi) is 8.73. The second-order valence-corrected chi connectivity index (χ2v) is 5.79. The highest BCUT2D eigenvalue weighted by molar-refractivity contribution is 5.91. The van der Waals surface area contributed by atoms with Gasteiger partial charge in [0.1, 0.15) is 0 Å². The number of nitrogens with two attached hydrogens (primary N) is 1. The summed E-state index contributed by atoms with van der Waals surface area (Å²) in [6.07, 6.45) is 7.68. The van der Waals surface area contributed by atoms with E-state index >= 15 is 0 Å². The zero-order valence-electron chi connectivity index (χ0n) is 13.3. The Morgan fingerprint density at radius 3 is 2.65 bits per heavy atom. The van der Waals surface area contributed by atoms with E-state index in [1.54, 1.807) is 12.1 Å². The molecule has 0 aromatic carbocycles. The summed E-state index contributed by atoms with van der Waals surface area (Å²) < 4.78 is 4.98. The maximum absolute atomic E-state index is 12.0. The first kappa shape index (κ1) is 19.5. The molecule has 0 radical (unpaired) electrons. The minimum Gasteiger partial charge on any atom is -0.459 e. The highest BCUT2D eigenvalue weighted by atomic mass is 35.5. The normalized spacial score (nSPS) is 16.2. The third-order valence-electron chi connectivity index (χ3n) is 4.20. The van der Waals surface area contributed by atoms with Crippen LogP contribution >= 0.6 is 12.4 Å². The lowest BCUT2D eigenvalue weighted by atomic mass is 9.84. The van der Waals surface area contributed by atoms with E-state index in [0.29, 0.717) is 12.5 Å². The second-order valence-electron chi connectivity index (χ2n) is 5.79. The maximum Gasteiger partial charge on any atom is 0.286 e. The average molecular weight is 344 g/mol. The summed E-state index contributed by atoms with van der Waals surface area (Å²) in [5.41, 5.74) is 5.80. The Morgan fingerprint density at radius 1 is 1.30 bits per heavy atom. The Bertz CT molecular complexity index is 473. The summed E-state index contributed by atoms with van der Waals surface area (Å²) in [5, 5.41) is 5.67. The molecule has 2 rings (SSSR count). The minimum atomic E-state index is -0.305. The summed E-state index contributed by atoms with van der Waals surface area (Å²) in [5.74, 6) is 0.365. The van der Waals surface area contributed by atoms with Crippen molar-refractivity contribution in [1.82, 2.24) is 10.6 Å². The molecule has 1 aromatic rings. The highest BCUT2D eigenvalue weighted by Crippen LogP contribution is 2.26. The topological polar surface area (TPSA) is 97.4 Å². The van der Waals surface area contributed by atoms with Gasteiger partial charge in [-0.25, -0.2) is 0 Å². The zero-order chi connectivity index (χ0) is 15.8. The number of carbonyl (C=O) groups is 2. The van der Waals surface area contributed by atoms with Gasteiger partial charge in [0.15, 0.2) is 5.76 Å². The zero-order valence-corrected chi connectivity index (χ0v) is 14.1. The fourth-order valence-corrected chi connectivity index (χ4v) is 2.97. The monoisotopic (exact) mass is 343 g/mol. The van der Waals surface area contributed by atoms with E-state index in [-0.39, 0.29) is 49.0 Å². The lowest BCUT2D eigenvalue weighted by molar-refractivity contribution is -0.122. The van der Waals surface area contributed by atoms with Crippen LogP contribution in [0.5, 0.6) is 0 Å². The third-order valence-corrected chi connectivity index (χ3v) is 4.20. The number of amides is 2. The van der Waals surface area contributed by atoms with Crippen LogP contribution in [0.15, 0.2) is 22.8 Å². The lowest BCUT2D eigenvalue weighted by Crippen LogP contribution is -2.46. The number of furan rings is 1. The van der Waals surface area contributed by atoms with Gasteiger partial charge >= 0.3 is 0 Å². The Labute approximate surface area is 143 Å². The van der Waals surface area contributed by atoms with Crippen LogP contribution in [0.3, 0.4) is 0 Å². The Morgan fingerprint density at radius 2 is 2.04 bits per heavy atom. The molecule has 1 unspecified atom stereocenters. The number of hydrogen-bond donors (Lipinski definition) is 3. The van der Waals surface area contributed by atoms with E-state index in [1.807, 2.05) is 0 Å². The smallest absolute Gasteiger partial charge is 0.286 e. The van der Waals surface area contributed by atoms with Gasteiger partial charge in [-0.2, -0.15) is 0 Å². The molecule has 2 amide bonds. The van der Waals surface area contributed by atoms with Gasteiger partial charge in [-0.05, 0) is 30.9 Å². The molecule has 1 aliphatic rings. The Balaban J connectivity index is 0.00000264. The quantitative estimate of drug-likeness (QED) is 0.703. The van der Waals surface area contributed by atoms with Crippen LogP contribution in [0.25, 0.3) is 0 Å². The molecule has 6 nitrogen and oxygen atoms in total. The first-order valence-electron chi connectivity index (χ1n) is 8.02. The number of halogens is 1. The van der Waals surface area contributed by atoms with Gasteiger partial charge in [0.2, 0.25) is 5.91 Å². The van der Waals surface area contributed by atoms with E-state index in [1.165, 1.54) is 25.5 Å². The molecule has 1 fully saturated rings. The number of nitrogens with one attached hydrogen (secondary N) is 2. The molecule has 7 heteroatoms. The molecule has 1 heterocycles.